The minimum atomic E-state index is -4.80. The first-order chi connectivity index (χ1) is 7.41. The number of aromatic amines is 1. The second-order valence-electron chi connectivity index (χ2n) is 3.38. The molecular formula is C9H12F3N3O. The third-order valence-corrected chi connectivity index (χ3v) is 2.10. The number of nitrogens with one attached hydrogen (secondary N) is 2. The number of aromatic nitrogens is 2. The number of amides is 1. The summed E-state index contributed by atoms with van der Waals surface area (Å²) in [5, 5.41) is 8.32. The van der Waals surface area contributed by atoms with Crippen molar-refractivity contribution in [1.29, 1.82) is 0 Å². The molecule has 0 unspecified atom stereocenters. The molecule has 7 heteroatoms. The van der Waals surface area contributed by atoms with Crippen LogP contribution >= 0.6 is 0 Å². The highest BCUT2D eigenvalue weighted by atomic mass is 19.4. The van der Waals surface area contributed by atoms with Crippen molar-refractivity contribution in [2.45, 2.75) is 25.9 Å². The Bertz CT molecular complexity index is 359. The standard InChI is InChI=1S/C9H12F3N3O/c1-6-7(5-14-15-6)3-2-4-13-8(16)9(10,11)12/h5H,2-4H2,1H3,(H,13,16)(H,14,15). The maximum absolute atomic E-state index is 11.8. The van der Waals surface area contributed by atoms with E-state index in [1.165, 1.54) is 0 Å². The number of halogens is 3. The largest absolute Gasteiger partial charge is 0.471 e. The predicted molar refractivity (Wildman–Crippen MR) is 50.7 cm³/mol. The van der Waals surface area contributed by atoms with E-state index in [0.29, 0.717) is 12.8 Å². The van der Waals surface area contributed by atoms with Gasteiger partial charge in [0.25, 0.3) is 0 Å². The zero-order chi connectivity index (χ0) is 12.2. The Labute approximate surface area is 90.2 Å². The molecule has 1 aromatic heterocycles. The third-order valence-electron chi connectivity index (χ3n) is 2.10. The first-order valence-corrected chi connectivity index (χ1v) is 4.75. The number of carbonyl (C=O) groups excluding carboxylic acids is 1. The topological polar surface area (TPSA) is 57.8 Å². The summed E-state index contributed by atoms with van der Waals surface area (Å²) in [5.41, 5.74) is 1.84. The zero-order valence-corrected chi connectivity index (χ0v) is 8.69. The SMILES string of the molecule is Cc1[nH]ncc1CCCNC(=O)C(F)(F)F. The van der Waals surface area contributed by atoms with Crippen LogP contribution in [-0.4, -0.2) is 28.8 Å². The molecule has 1 heterocycles. The van der Waals surface area contributed by atoms with E-state index in [1.54, 1.807) is 6.20 Å². The lowest BCUT2D eigenvalue weighted by atomic mass is 10.1. The van der Waals surface area contributed by atoms with E-state index in [4.69, 9.17) is 0 Å². The fourth-order valence-electron chi connectivity index (χ4n) is 1.21. The summed E-state index contributed by atoms with van der Waals surface area (Å²) < 4.78 is 35.4. The van der Waals surface area contributed by atoms with Crippen molar-refractivity contribution in [3.05, 3.63) is 17.5 Å². The molecule has 0 fully saturated rings. The van der Waals surface area contributed by atoms with Crippen LogP contribution in [0.2, 0.25) is 0 Å². The second-order valence-corrected chi connectivity index (χ2v) is 3.38. The second kappa shape index (κ2) is 5.00. The average molecular weight is 235 g/mol. The number of aryl methyl sites for hydroxylation is 2. The van der Waals surface area contributed by atoms with Gasteiger partial charge in [0.2, 0.25) is 0 Å². The van der Waals surface area contributed by atoms with Crippen LogP contribution in [0.25, 0.3) is 0 Å². The van der Waals surface area contributed by atoms with Gasteiger partial charge in [-0.15, -0.1) is 0 Å². The van der Waals surface area contributed by atoms with Gasteiger partial charge in [-0.2, -0.15) is 18.3 Å². The summed E-state index contributed by atoms with van der Waals surface area (Å²) >= 11 is 0. The Hall–Kier alpha value is -1.53. The summed E-state index contributed by atoms with van der Waals surface area (Å²) in [5.74, 6) is -1.89. The van der Waals surface area contributed by atoms with Gasteiger partial charge in [-0.3, -0.25) is 9.89 Å². The smallest absolute Gasteiger partial charge is 0.348 e. The molecule has 1 amide bonds. The van der Waals surface area contributed by atoms with Crippen molar-refractivity contribution in [1.82, 2.24) is 15.5 Å². The average Bonchev–Trinajstić information content (AvgIpc) is 2.57. The van der Waals surface area contributed by atoms with Crippen LogP contribution in [-0.2, 0) is 11.2 Å². The monoisotopic (exact) mass is 235 g/mol. The van der Waals surface area contributed by atoms with E-state index in [0.717, 1.165) is 11.3 Å². The first-order valence-electron chi connectivity index (χ1n) is 4.75. The maximum Gasteiger partial charge on any atom is 0.471 e. The molecule has 1 rings (SSSR count). The fraction of sp³-hybridized carbons (Fsp3) is 0.556. The minimum Gasteiger partial charge on any atom is -0.348 e. The lowest BCUT2D eigenvalue weighted by Crippen LogP contribution is -2.37. The number of alkyl halides is 3. The Morgan fingerprint density at radius 3 is 2.75 bits per heavy atom. The van der Waals surface area contributed by atoms with Crippen molar-refractivity contribution in [2.24, 2.45) is 0 Å². The van der Waals surface area contributed by atoms with E-state index in [9.17, 15) is 18.0 Å². The van der Waals surface area contributed by atoms with Crippen LogP contribution in [0.3, 0.4) is 0 Å². The molecule has 0 aliphatic carbocycles. The zero-order valence-electron chi connectivity index (χ0n) is 8.69. The number of rotatable bonds is 4. The predicted octanol–water partition coefficient (Wildman–Crippen LogP) is 1.33. The number of H-pyrrole nitrogens is 1. The molecule has 2 N–H and O–H groups in total. The summed E-state index contributed by atoms with van der Waals surface area (Å²) in [6.07, 6.45) is -2.14. The summed E-state index contributed by atoms with van der Waals surface area (Å²) in [4.78, 5) is 10.4. The minimum absolute atomic E-state index is 0.00294. The van der Waals surface area contributed by atoms with Gasteiger partial charge in [-0.25, -0.2) is 0 Å². The molecule has 0 bridgehead atoms. The highest BCUT2D eigenvalue weighted by Gasteiger charge is 2.38. The van der Waals surface area contributed by atoms with E-state index >= 15 is 0 Å². The van der Waals surface area contributed by atoms with Gasteiger partial charge in [0.1, 0.15) is 0 Å². The Kier molecular flexibility index (Phi) is 3.92. The van der Waals surface area contributed by atoms with Crippen LogP contribution in [0, 0.1) is 6.92 Å². The number of nitrogens with zero attached hydrogens (tertiary/aromatic N) is 1. The first kappa shape index (κ1) is 12.5. The van der Waals surface area contributed by atoms with Crippen LogP contribution in [0.1, 0.15) is 17.7 Å². The molecule has 4 nitrogen and oxygen atoms in total. The van der Waals surface area contributed by atoms with E-state index in [-0.39, 0.29) is 6.54 Å². The van der Waals surface area contributed by atoms with E-state index < -0.39 is 12.1 Å². The summed E-state index contributed by atoms with van der Waals surface area (Å²) in [6.45, 7) is 1.83. The van der Waals surface area contributed by atoms with Crippen molar-refractivity contribution in [3.8, 4) is 0 Å². The van der Waals surface area contributed by atoms with Gasteiger partial charge in [0.15, 0.2) is 0 Å². The summed E-state index contributed by atoms with van der Waals surface area (Å²) in [7, 11) is 0. The number of carbonyl (C=O) groups is 1. The Balaban J connectivity index is 2.23. The molecule has 0 aliphatic heterocycles. The quantitative estimate of drug-likeness (QED) is 0.773. The van der Waals surface area contributed by atoms with Crippen molar-refractivity contribution >= 4 is 5.91 Å². The van der Waals surface area contributed by atoms with Crippen molar-refractivity contribution in [3.63, 3.8) is 0 Å². The van der Waals surface area contributed by atoms with Crippen LogP contribution in [0.4, 0.5) is 13.2 Å². The molecule has 1 aromatic rings. The van der Waals surface area contributed by atoms with Gasteiger partial charge in [0.05, 0.1) is 6.20 Å². The lowest BCUT2D eigenvalue weighted by Gasteiger charge is -2.07. The third kappa shape index (κ3) is 3.56. The molecule has 16 heavy (non-hydrogen) atoms. The lowest BCUT2D eigenvalue weighted by molar-refractivity contribution is -0.173. The molecule has 0 atom stereocenters. The molecule has 0 radical (unpaired) electrons. The molecular weight excluding hydrogens is 223 g/mol. The Morgan fingerprint density at radius 2 is 2.25 bits per heavy atom. The molecule has 0 aromatic carbocycles. The van der Waals surface area contributed by atoms with Gasteiger partial charge in [-0.1, -0.05) is 0 Å². The highest BCUT2D eigenvalue weighted by Crippen LogP contribution is 2.14. The molecule has 90 valence electrons. The van der Waals surface area contributed by atoms with Crippen molar-refractivity contribution in [2.75, 3.05) is 6.54 Å². The molecule has 0 saturated heterocycles. The maximum atomic E-state index is 11.8. The molecule has 0 saturated carbocycles. The van der Waals surface area contributed by atoms with Gasteiger partial charge in [0, 0.05) is 12.2 Å². The summed E-state index contributed by atoms with van der Waals surface area (Å²) in [6, 6.07) is 0. The van der Waals surface area contributed by atoms with Crippen molar-refractivity contribution < 1.29 is 18.0 Å². The van der Waals surface area contributed by atoms with Gasteiger partial charge >= 0.3 is 12.1 Å². The van der Waals surface area contributed by atoms with E-state index in [1.807, 2.05) is 12.2 Å². The number of hydrogen-bond acceptors (Lipinski definition) is 2. The van der Waals surface area contributed by atoms with Gasteiger partial charge in [-0.05, 0) is 25.3 Å². The van der Waals surface area contributed by atoms with Gasteiger partial charge < -0.3 is 5.32 Å². The van der Waals surface area contributed by atoms with Crippen LogP contribution in [0.5, 0.6) is 0 Å². The van der Waals surface area contributed by atoms with E-state index in [2.05, 4.69) is 10.2 Å². The normalized spacial score (nSPS) is 11.5. The number of hydrogen-bond donors (Lipinski definition) is 2. The molecule has 0 aliphatic rings. The fourth-order valence-corrected chi connectivity index (χ4v) is 1.21. The van der Waals surface area contributed by atoms with Crippen LogP contribution in [0.15, 0.2) is 6.20 Å². The molecule has 0 spiro atoms. The van der Waals surface area contributed by atoms with Crippen LogP contribution < -0.4 is 5.32 Å². The highest BCUT2D eigenvalue weighted by molar-refractivity contribution is 5.81. The Morgan fingerprint density at radius 1 is 1.56 bits per heavy atom.